The van der Waals surface area contributed by atoms with Crippen molar-refractivity contribution in [2.24, 2.45) is 5.16 Å². The molecular weight excluding hydrogens is 317 g/mol. The molecule has 0 bridgehead atoms. The van der Waals surface area contributed by atoms with Crippen molar-refractivity contribution in [3.8, 4) is 5.75 Å². The summed E-state index contributed by atoms with van der Waals surface area (Å²) in [5, 5.41) is 5.74. The Labute approximate surface area is 133 Å². The van der Waals surface area contributed by atoms with Gasteiger partial charge < -0.3 is 9.57 Å². The average Bonchev–Trinajstić information content (AvgIpc) is 2.81. The summed E-state index contributed by atoms with van der Waals surface area (Å²) in [6.07, 6.45) is 0.749. The Bertz CT molecular complexity index is 510. The summed E-state index contributed by atoms with van der Waals surface area (Å²) in [5.74, 6) is 2.03. The Balaban J connectivity index is 1.98. The van der Waals surface area contributed by atoms with Gasteiger partial charge in [0, 0.05) is 22.8 Å². The summed E-state index contributed by atoms with van der Waals surface area (Å²) in [5.41, 5.74) is 0.732. The lowest BCUT2D eigenvalue weighted by Gasteiger charge is -2.16. The van der Waals surface area contributed by atoms with Crippen LogP contribution in [0.5, 0.6) is 5.75 Å². The van der Waals surface area contributed by atoms with Crippen molar-refractivity contribution in [2.45, 2.75) is 31.6 Å². The molecule has 1 aromatic rings. The summed E-state index contributed by atoms with van der Waals surface area (Å²) in [6, 6.07) is 5.70. The monoisotopic (exact) mass is 333 g/mol. The third-order valence-corrected chi connectivity index (χ3v) is 4.71. The van der Waals surface area contributed by atoms with Gasteiger partial charge in [-0.3, -0.25) is 0 Å². The molecule has 0 saturated carbocycles. The zero-order chi connectivity index (χ0) is 14.6. The molecule has 0 spiro atoms. The smallest absolute Gasteiger partial charge is 0.154 e. The molecule has 110 valence electrons. The summed E-state index contributed by atoms with van der Waals surface area (Å²) >= 11 is 13.5. The highest BCUT2D eigenvalue weighted by Gasteiger charge is 2.33. The third-order valence-electron chi connectivity index (χ3n) is 2.90. The maximum absolute atomic E-state index is 5.99. The minimum absolute atomic E-state index is 0.368. The van der Waals surface area contributed by atoms with Gasteiger partial charge in [0.05, 0.1) is 12.5 Å². The van der Waals surface area contributed by atoms with Gasteiger partial charge >= 0.3 is 0 Å². The van der Waals surface area contributed by atoms with E-state index < -0.39 is 0 Å². The fourth-order valence-corrected chi connectivity index (χ4v) is 3.16. The Morgan fingerprint density at radius 1 is 1.50 bits per heavy atom. The minimum Gasteiger partial charge on any atom is -0.494 e. The lowest BCUT2D eigenvalue weighted by atomic mass is 10.1. The van der Waals surface area contributed by atoms with Gasteiger partial charge in [-0.15, -0.1) is 23.4 Å². The quantitative estimate of drug-likeness (QED) is 0.731. The molecular formula is C14H17Cl2NO2S. The van der Waals surface area contributed by atoms with Gasteiger partial charge in [-0.2, -0.15) is 0 Å². The van der Waals surface area contributed by atoms with E-state index in [9.17, 15) is 0 Å². The predicted octanol–water partition coefficient (Wildman–Crippen LogP) is 4.70. The number of oxime groups is 1. The highest BCUT2D eigenvalue weighted by Crippen LogP contribution is 2.33. The standard InChI is InChI=1S/C14H17Cl2NO2S/c1-3-18-12-6-11(16)5-4-10(12)8-20-13-7-14(2,9-15)19-17-13/h4-6H,3,7-9H2,1-2H3. The van der Waals surface area contributed by atoms with E-state index >= 15 is 0 Å². The van der Waals surface area contributed by atoms with Crippen LogP contribution in [0.4, 0.5) is 0 Å². The van der Waals surface area contributed by atoms with Crippen LogP contribution in [0.25, 0.3) is 0 Å². The van der Waals surface area contributed by atoms with E-state index in [2.05, 4.69) is 5.16 Å². The van der Waals surface area contributed by atoms with Crippen LogP contribution >= 0.6 is 35.0 Å². The molecule has 0 radical (unpaired) electrons. The molecule has 1 unspecified atom stereocenters. The van der Waals surface area contributed by atoms with Crippen LogP contribution in [-0.4, -0.2) is 23.1 Å². The highest BCUT2D eigenvalue weighted by molar-refractivity contribution is 8.13. The third kappa shape index (κ3) is 3.96. The molecule has 0 aliphatic carbocycles. The maximum atomic E-state index is 5.99. The predicted molar refractivity (Wildman–Crippen MR) is 86.2 cm³/mol. The van der Waals surface area contributed by atoms with Gasteiger partial charge in [0.2, 0.25) is 0 Å². The first kappa shape index (κ1) is 15.8. The molecule has 0 amide bonds. The first-order valence-corrected chi connectivity index (χ1v) is 8.31. The molecule has 20 heavy (non-hydrogen) atoms. The number of rotatable bonds is 5. The number of nitrogens with zero attached hydrogens (tertiary/aromatic N) is 1. The Morgan fingerprint density at radius 2 is 2.30 bits per heavy atom. The molecule has 2 rings (SSSR count). The molecule has 0 fully saturated rings. The van der Waals surface area contributed by atoms with Crippen molar-refractivity contribution in [1.82, 2.24) is 0 Å². The molecule has 1 heterocycles. The average molecular weight is 334 g/mol. The van der Waals surface area contributed by atoms with Crippen LogP contribution in [-0.2, 0) is 10.6 Å². The van der Waals surface area contributed by atoms with Crippen LogP contribution in [0.2, 0.25) is 5.02 Å². The molecule has 0 N–H and O–H groups in total. The molecule has 0 saturated heterocycles. The van der Waals surface area contributed by atoms with Gasteiger partial charge in [-0.05, 0) is 26.0 Å². The summed E-state index contributed by atoms with van der Waals surface area (Å²) in [7, 11) is 0. The molecule has 0 aromatic heterocycles. The number of hydrogen-bond donors (Lipinski definition) is 0. The van der Waals surface area contributed by atoms with Gasteiger partial charge in [0.15, 0.2) is 5.60 Å². The largest absolute Gasteiger partial charge is 0.494 e. The summed E-state index contributed by atoms with van der Waals surface area (Å²) in [6.45, 7) is 4.54. The van der Waals surface area contributed by atoms with Gasteiger partial charge in [-0.1, -0.05) is 22.8 Å². The van der Waals surface area contributed by atoms with E-state index in [0.29, 0.717) is 17.5 Å². The molecule has 3 nitrogen and oxygen atoms in total. The normalized spacial score (nSPS) is 21.5. The lowest BCUT2D eigenvalue weighted by Crippen LogP contribution is -2.26. The van der Waals surface area contributed by atoms with Crippen LogP contribution in [0, 0.1) is 0 Å². The fourth-order valence-electron chi connectivity index (χ4n) is 1.79. The number of halogens is 2. The van der Waals surface area contributed by atoms with Crippen molar-refractivity contribution in [3.63, 3.8) is 0 Å². The number of thioether (sulfide) groups is 1. The molecule has 6 heteroatoms. The van der Waals surface area contributed by atoms with E-state index in [0.717, 1.165) is 28.5 Å². The first-order valence-electron chi connectivity index (χ1n) is 6.41. The van der Waals surface area contributed by atoms with Gasteiger partial charge in [-0.25, -0.2) is 0 Å². The van der Waals surface area contributed by atoms with Crippen molar-refractivity contribution >= 4 is 40.0 Å². The maximum Gasteiger partial charge on any atom is 0.154 e. The second-order valence-corrected chi connectivity index (χ2v) is 6.56. The van der Waals surface area contributed by atoms with Gasteiger partial charge in [0.25, 0.3) is 0 Å². The van der Waals surface area contributed by atoms with E-state index in [1.165, 1.54) is 0 Å². The Hall–Kier alpha value is -0.580. The topological polar surface area (TPSA) is 30.8 Å². The van der Waals surface area contributed by atoms with E-state index in [-0.39, 0.29) is 5.60 Å². The highest BCUT2D eigenvalue weighted by atomic mass is 35.5. The van der Waals surface area contributed by atoms with Crippen molar-refractivity contribution in [1.29, 1.82) is 0 Å². The second kappa shape index (κ2) is 6.92. The van der Waals surface area contributed by atoms with Crippen molar-refractivity contribution < 1.29 is 9.57 Å². The number of benzene rings is 1. The minimum atomic E-state index is -0.368. The number of alkyl halides is 1. The fraction of sp³-hybridized carbons (Fsp3) is 0.500. The zero-order valence-electron chi connectivity index (χ0n) is 11.5. The van der Waals surface area contributed by atoms with E-state index in [4.69, 9.17) is 32.8 Å². The van der Waals surface area contributed by atoms with E-state index in [1.54, 1.807) is 11.8 Å². The molecule has 1 atom stereocenters. The summed E-state index contributed by atoms with van der Waals surface area (Å²) < 4.78 is 5.61. The Kier molecular flexibility index (Phi) is 5.47. The second-order valence-electron chi connectivity index (χ2n) is 4.81. The molecule has 1 aliphatic rings. The van der Waals surface area contributed by atoms with Crippen LogP contribution < -0.4 is 4.74 Å². The lowest BCUT2D eigenvalue weighted by molar-refractivity contribution is 0.0152. The number of hydrogen-bond acceptors (Lipinski definition) is 4. The van der Waals surface area contributed by atoms with Gasteiger partial charge in [0.1, 0.15) is 10.8 Å². The molecule has 1 aromatic carbocycles. The summed E-state index contributed by atoms with van der Waals surface area (Å²) in [4.78, 5) is 5.37. The molecule has 1 aliphatic heterocycles. The van der Waals surface area contributed by atoms with E-state index in [1.807, 2.05) is 32.0 Å². The SMILES string of the molecule is CCOc1cc(Cl)ccc1CSC1=NOC(C)(CCl)C1. The van der Waals surface area contributed by atoms with Crippen molar-refractivity contribution in [3.05, 3.63) is 28.8 Å². The first-order chi connectivity index (χ1) is 9.56. The van der Waals surface area contributed by atoms with Crippen LogP contribution in [0.1, 0.15) is 25.8 Å². The number of ether oxygens (including phenoxy) is 1. The zero-order valence-corrected chi connectivity index (χ0v) is 13.8. The van der Waals surface area contributed by atoms with Crippen molar-refractivity contribution in [2.75, 3.05) is 12.5 Å². The van der Waals surface area contributed by atoms with Crippen LogP contribution in [0.15, 0.2) is 23.4 Å². The van der Waals surface area contributed by atoms with Crippen LogP contribution in [0.3, 0.4) is 0 Å². The Morgan fingerprint density at radius 3 is 2.95 bits per heavy atom.